The van der Waals surface area contributed by atoms with Gasteiger partial charge in [0.25, 0.3) is 5.56 Å². The van der Waals surface area contributed by atoms with Gasteiger partial charge < -0.3 is 14.2 Å². The highest BCUT2D eigenvalue weighted by atomic mass is 19.4. The van der Waals surface area contributed by atoms with E-state index in [9.17, 15) is 22.8 Å². The van der Waals surface area contributed by atoms with Gasteiger partial charge in [-0.3, -0.25) is 9.59 Å². The van der Waals surface area contributed by atoms with E-state index in [-0.39, 0.29) is 11.9 Å². The summed E-state index contributed by atoms with van der Waals surface area (Å²) >= 11 is 0. The van der Waals surface area contributed by atoms with Crippen LogP contribution >= 0.6 is 0 Å². The summed E-state index contributed by atoms with van der Waals surface area (Å²) in [7, 11) is 1.54. The molecule has 2 rings (SSSR count). The van der Waals surface area contributed by atoms with Crippen LogP contribution in [-0.2, 0) is 22.3 Å². The monoisotopic (exact) mass is 332 g/mol. The Hall–Kier alpha value is -1.83. The maximum Gasteiger partial charge on any atom is 0.421 e. The second-order valence-electron chi connectivity index (χ2n) is 5.54. The Bertz CT molecular complexity index is 611. The number of amides is 1. The van der Waals surface area contributed by atoms with Crippen molar-refractivity contribution in [3.63, 3.8) is 0 Å². The van der Waals surface area contributed by atoms with Gasteiger partial charge in [0.2, 0.25) is 5.91 Å². The second kappa shape index (κ2) is 7.16. The lowest BCUT2D eigenvalue weighted by molar-refractivity contribution is -0.140. The number of ether oxygens (including phenoxy) is 1. The van der Waals surface area contributed by atoms with Crippen molar-refractivity contribution in [3.05, 3.63) is 34.2 Å². The summed E-state index contributed by atoms with van der Waals surface area (Å²) in [5, 5.41) is 0. The van der Waals surface area contributed by atoms with E-state index in [1.165, 1.54) is 13.3 Å². The number of alkyl halides is 3. The molecule has 1 unspecified atom stereocenters. The number of carbonyl (C=O) groups excluding carboxylic acids is 1. The van der Waals surface area contributed by atoms with Crippen LogP contribution in [0.1, 0.15) is 24.8 Å². The van der Waals surface area contributed by atoms with E-state index in [1.54, 1.807) is 4.90 Å². The van der Waals surface area contributed by atoms with Crippen molar-refractivity contribution >= 4 is 5.91 Å². The van der Waals surface area contributed by atoms with Crippen molar-refractivity contribution in [2.75, 3.05) is 20.3 Å². The minimum absolute atomic E-state index is 0.0947. The lowest BCUT2D eigenvalue weighted by Gasteiger charge is -2.35. The fourth-order valence-electron chi connectivity index (χ4n) is 2.81. The highest BCUT2D eigenvalue weighted by Gasteiger charge is 2.34. The molecule has 2 heterocycles. The molecule has 0 spiro atoms. The Morgan fingerprint density at radius 2 is 2.13 bits per heavy atom. The van der Waals surface area contributed by atoms with Crippen LogP contribution in [0, 0.1) is 0 Å². The van der Waals surface area contributed by atoms with E-state index < -0.39 is 23.8 Å². The summed E-state index contributed by atoms with van der Waals surface area (Å²) in [5.74, 6) is -0.367. The molecule has 1 fully saturated rings. The highest BCUT2D eigenvalue weighted by molar-refractivity contribution is 5.76. The first kappa shape index (κ1) is 17.5. The summed E-state index contributed by atoms with van der Waals surface area (Å²) in [6, 6.07) is 1.75. The molecule has 0 bridgehead atoms. The van der Waals surface area contributed by atoms with E-state index in [0.717, 1.165) is 36.0 Å². The van der Waals surface area contributed by atoms with Gasteiger partial charge in [0.05, 0.1) is 12.6 Å². The van der Waals surface area contributed by atoms with Crippen LogP contribution in [0.3, 0.4) is 0 Å². The zero-order valence-corrected chi connectivity index (χ0v) is 12.8. The third-order valence-electron chi connectivity index (χ3n) is 3.94. The van der Waals surface area contributed by atoms with Crippen molar-refractivity contribution in [2.24, 2.45) is 0 Å². The molecular formula is C15H19F3N2O3. The zero-order valence-electron chi connectivity index (χ0n) is 12.8. The minimum Gasteiger partial charge on any atom is -0.383 e. The number of nitrogens with zero attached hydrogens (tertiary/aromatic N) is 2. The van der Waals surface area contributed by atoms with Crippen LogP contribution in [-0.4, -0.2) is 41.7 Å². The quantitative estimate of drug-likeness (QED) is 0.846. The number of piperidine rings is 1. The third kappa shape index (κ3) is 4.13. The van der Waals surface area contributed by atoms with Crippen LogP contribution < -0.4 is 5.56 Å². The summed E-state index contributed by atoms with van der Waals surface area (Å²) in [6.07, 6.45) is -0.931. The van der Waals surface area contributed by atoms with E-state index in [2.05, 4.69) is 0 Å². The first-order valence-corrected chi connectivity index (χ1v) is 7.39. The van der Waals surface area contributed by atoms with Crippen LogP contribution in [0.2, 0.25) is 0 Å². The standard InChI is InChI=1S/C15H19F3N2O3/c1-23-10-11-5-2-3-8-20(11)13(21)9-19-7-4-6-12(14(19)22)15(16,17)18/h4,6-7,11H,2-3,5,8-10H2,1H3. The fraction of sp³-hybridized carbons (Fsp3) is 0.600. The Morgan fingerprint density at radius 1 is 1.39 bits per heavy atom. The normalized spacial score (nSPS) is 19.0. The maximum absolute atomic E-state index is 12.8. The van der Waals surface area contributed by atoms with Crippen molar-refractivity contribution in [2.45, 2.75) is 38.0 Å². The number of pyridine rings is 1. The number of likely N-dealkylation sites (tertiary alicyclic amines) is 1. The Morgan fingerprint density at radius 3 is 2.78 bits per heavy atom. The predicted octanol–water partition coefficient (Wildman–Crippen LogP) is 1.89. The average Bonchev–Trinajstić information content (AvgIpc) is 2.49. The van der Waals surface area contributed by atoms with Gasteiger partial charge in [0.15, 0.2) is 0 Å². The van der Waals surface area contributed by atoms with Crippen molar-refractivity contribution in [3.8, 4) is 0 Å². The van der Waals surface area contributed by atoms with Gasteiger partial charge in [-0.15, -0.1) is 0 Å². The molecule has 1 aromatic heterocycles. The molecule has 1 aliphatic rings. The molecule has 0 saturated carbocycles. The molecule has 128 valence electrons. The molecule has 1 atom stereocenters. The number of rotatable bonds is 4. The molecule has 8 heteroatoms. The van der Waals surface area contributed by atoms with Gasteiger partial charge in [0, 0.05) is 19.9 Å². The first-order valence-electron chi connectivity index (χ1n) is 7.39. The molecule has 1 aromatic rings. The Balaban J connectivity index is 2.18. The number of hydrogen-bond acceptors (Lipinski definition) is 3. The SMILES string of the molecule is COCC1CCCCN1C(=O)Cn1cccc(C(F)(F)F)c1=O. The smallest absolute Gasteiger partial charge is 0.383 e. The average molecular weight is 332 g/mol. The molecule has 1 amide bonds. The van der Waals surface area contributed by atoms with Crippen molar-refractivity contribution in [1.29, 1.82) is 0 Å². The zero-order chi connectivity index (χ0) is 17.0. The van der Waals surface area contributed by atoms with Gasteiger partial charge >= 0.3 is 6.18 Å². The predicted molar refractivity (Wildman–Crippen MR) is 76.9 cm³/mol. The number of carbonyl (C=O) groups is 1. The van der Waals surface area contributed by atoms with E-state index >= 15 is 0 Å². The van der Waals surface area contributed by atoms with E-state index in [1.807, 2.05) is 0 Å². The van der Waals surface area contributed by atoms with Gasteiger partial charge in [-0.2, -0.15) is 13.2 Å². The van der Waals surface area contributed by atoms with E-state index in [4.69, 9.17) is 4.74 Å². The number of hydrogen-bond donors (Lipinski definition) is 0. The number of aromatic nitrogens is 1. The van der Waals surface area contributed by atoms with Crippen LogP contribution in [0.25, 0.3) is 0 Å². The second-order valence-corrected chi connectivity index (χ2v) is 5.54. The molecule has 0 radical (unpaired) electrons. The summed E-state index contributed by atoms with van der Waals surface area (Å²) < 4.78 is 44.2. The van der Waals surface area contributed by atoms with E-state index in [0.29, 0.717) is 13.2 Å². The lowest BCUT2D eigenvalue weighted by atomic mass is 10.0. The topological polar surface area (TPSA) is 51.5 Å². The minimum atomic E-state index is -4.73. The van der Waals surface area contributed by atoms with Crippen LogP contribution in [0.4, 0.5) is 13.2 Å². The molecule has 1 saturated heterocycles. The summed E-state index contributed by atoms with van der Waals surface area (Å²) in [4.78, 5) is 25.9. The first-order chi connectivity index (χ1) is 10.8. The number of halogens is 3. The molecule has 5 nitrogen and oxygen atoms in total. The van der Waals surface area contributed by atoms with Gasteiger partial charge in [-0.25, -0.2) is 0 Å². The Kier molecular flexibility index (Phi) is 5.46. The largest absolute Gasteiger partial charge is 0.421 e. The molecule has 0 aliphatic carbocycles. The summed E-state index contributed by atoms with van der Waals surface area (Å²) in [5.41, 5.74) is -2.46. The third-order valence-corrected chi connectivity index (χ3v) is 3.94. The lowest BCUT2D eigenvalue weighted by Crippen LogP contribution is -2.48. The number of methoxy groups -OCH3 is 1. The van der Waals surface area contributed by atoms with Crippen LogP contribution in [0.5, 0.6) is 0 Å². The molecule has 0 aromatic carbocycles. The summed E-state index contributed by atoms with van der Waals surface area (Å²) in [6.45, 7) is 0.507. The maximum atomic E-state index is 12.8. The molecule has 1 aliphatic heterocycles. The van der Waals surface area contributed by atoms with Gasteiger partial charge in [0.1, 0.15) is 12.1 Å². The Labute approximate surface area is 131 Å². The fourth-order valence-corrected chi connectivity index (χ4v) is 2.81. The van der Waals surface area contributed by atoms with Crippen molar-refractivity contribution < 1.29 is 22.7 Å². The van der Waals surface area contributed by atoms with Gasteiger partial charge in [-0.1, -0.05) is 0 Å². The van der Waals surface area contributed by atoms with Crippen molar-refractivity contribution in [1.82, 2.24) is 9.47 Å². The van der Waals surface area contributed by atoms with Crippen LogP contribution in [0.15, 0.2) is 23.1 Å². The molecular weight excluding hydrogens is 313 g/mol. The molecule has 0 N–H and O–H groups in total. The molecule has 23 heavy (non-hydrogen) atoms. The highest BCUT2D eigenvalue weighted by Crippen LogP contribution is 2.26. The van der Waals surface area contributed by atoms with Gasteiger partial charge in [-0.05, 0) is 31.4 Å².